The number of aromatic nitrogens is 1. The second kappa shape index (κ2) is 10.3. The Bertz CT molecular complexity index is 875. The van der Waals surface area contributed by atoms with Crippen LogP contribution in [0, 0.1) is 5.92 Å². The van der Waals surface area contributed by atoms with Gasteiger partial charge in [0.15, 0.2) is 5.60 Å². The third-order valence-electron chi connectivity index (χ3n) is 5.80. The van der Waals surface area contributed by atoms with Crippen molar-refractivity contribution in [2.45, 2.75) is 71.2 Å². The molecule has 0 bridgehead atoms. The van der Waals surface area contributed by atoms with Gasteiger partial charge in [-0.3, -0.25) is 0 Å². The zero-order valence-corrected chi connectivity index (χ0v) is 18.8. The maximum atomic E-state index is 11.2. The van der Waals surface area contributed by atoms with E-state index in [1.54, 1.807) is 21.0 Å². The number of hydrogen-bond donors (Lipinski definition) is 1. The summed E-state index contributed by atoms with van der Waals surface area (Å²) in [5.74, 6) is 1.51. The fraction of sp³-hybridized carbons (Fsp3) is 0.583. The highest BCUT2D eigenvalue weighted by molar-refractivity contribution is 5.76. The Morgan fingerprint density at radius 1 is 1.32 bits per heavy atom. The lowest BCUT2D eigenvalue weighted by Crippen LogP contribution is -2.37. The van der Waals surface area contributed by atoms with Crippen LogP contribution in [0.1, 0.15) is 57.9 Å². The lowest BCUT2D eigenvalue weighted by atomic mass is 9.87. The number of aliphatic carboxylic acids is 1. The number of nitrogens with zero attached hydrogens (tertiary/aromatic N) is 1. The molecule has 31 heavy (non-hydrogen) atoms. The first-order valence-corrected chi connectivity index (χ1v) is 10.9. The van der Waals surface area contributed by atoms with Crippen LogP contribution >= 0.6 is 0 Å². The Kier molecular flexibility index (Phi) is 7.73. The standard InChI is InChI=1S/C24H33NO6/c1-5-21-20(25-22(31-21)17-9-7-10-18(13-17)28-4)15-29-19-11-6-8-16(12-19)14-30-24(2,3)23(26)27/h7,9-10,13,16,19H,5-6,8,11-12,14-15H2,1-4H3,(H,26,27)/t16?,19-/m0/s1. The second-order valence-electron chi connectivity index (χ2n) is 8.57. The average molecular weight is 432 g/mol. The van der Waals surface area contributed by atoms with Crippen molar-refractivity contribution >= 4 is 5.97 Å². The number of oxazole rings is 1. The summed E-state index contributed by atoms with van der Waals surface area (Å²) in [4.78, 5) is 15.9. The molecule has 170 valence electrons. The van der Waals surface area contributed by atoms with Gasteiger partial charge < -0.3 is 23.7 Å². The molecular weight excluding hydrogens is 398 g/mol. The van der Waals surface area contributed by atoms with E-state index in [4.69, 9.17) is 18.6 Å². The molecule has 1 aliphatic carbocycles. The van der Waals surface area contributed by atoms with Crippen LogP contribution in [0.15, 0.2) is 28.7 Å². The predicted molar refractivity (Wildman–Crippen MR) is 116 cm³/mol. The van der Waals surface area contributed by atoms with E-state index in [0.717, 1.165) is 54.9 Å². The number of carboxylic acid groups (broad SMARTS) is 1. The minimum Gasteiger partial charge on any atom is -0.497 e. The van der Waals surface area contributed by atoms with Crippen LogP contribution in [0.3, 0.4) is 0 Å². The molecule has 1 aliphatic rings. The minimum atomic E-state index is -1.17. The number of hydrogen-bond acceptors (Lipinski definition) is 6. The van der Waals surface area contributed by atoms with E-state index in [1.165, 1.54) is 0 Å². The van der Waals surface area contributed by atoms with E-state index in [1.807, 2.05) is 31.2 Å². The maximum Gasteiger partial charge on any atom is 0.335 e. The SMILES string of the molecule is CCc1oc(-c2cccc(OC)c2)nc1CO[C@H]1CCCC(COC(C)(C)C(=O)O)C1. The maximum absolute atomic E-state index is 11.2. The van der Waals surface area contributed by atoms with Crippen LogP contribution in [0.4, 0.5) is 0 Å². The lowest BCUT2D eigenvalue weighted by Gasteiger charge is -2.31. The smallest absolute Gasteiger partial charge is 0.335 e. The molecule has 3 rings (SSSR count). The number of benzene rings is 1. The zero-order chi connectivity index (χ0) is 22.4. The van der Waals surface area contributed by atoms with Crippen molar-refractivity contribution in [3.8, 4) is 17.2 Å². The highest BCUT2D eigenvalue weighted by Crippen LogP contribution is 2.30. The van der Waals surface area contributed by atoms with Gasteiger partial charge in [-0.1, -0.05) is 19.4 Å². The van der Waals surface area contributed by atoms with Crippen LogP contribution < -0.4 is 4.74 Å². The fourth-order valence-electron chi connectivity index (χ4n) is 3.78. The first kappa shape index (κ1) is 23.3. The Labute approximate surface area is 183 Å². The molecule has 1 saturated carbocycles. The van der Waals surface area contributed by atoms with Gasteiger partial charge in [0.05, 0.1) is 26.4 Å². The lowest BCUT2D eigenvalue weighted by molar-refractivity contribution is -0.163. The molecule has 0 spiro atoms. The molecule has 1 N–H and O–H groups in total. The molecule has 0 aliphatic heterocycles. The van der Waals surface area contributed by atoms with E-state index in [-0.39, 0.29) is 6.10 Å². The Morgan fingerprint density at radius 3 is 2.84 bits per heavy atom. The monoisotopic (exact) mass is 431 g/mol. The summed E-state index contributed by atoms with van der Waals surface area (Å²) in [5.41, 5.74) is 0.531. The number of carbonyl (C=O) groups is 1. The largest absolute Gasteiger partial charge is 0.497 e. The molecule has 1 heterocycles. The van der Waals surface area contributed by atoms with Crippen LogP contribution in [0.2, 0.25) is 0 Å². The highest BCUT2D eigenvalue weighted by Gasteiger charge is 2.31. The molecule has 7 nitrogen and oxygen atoms in total. The Hall–Kier alpha value is -2.38. The van der Waals surface area contributed by atoms with E-state index >= 15 is 0 Å². The first-order chi connectivity index (χ1) is 14.8. The summed E-state index contributed by atoms with van der Waals surface area (Å²) in [7, 11) is 1.64. The zero-order valence-electron chi connectivity index (χ0n) is 18.8. The molecule has 0 radical (unpaired) electrons. The van der Waals surface area contributed by atoms with Crippen LogP contribution in [0.5, 0.6) is 5.75 Å². The quantitative estimate of drug-likeness (QED) is 0.574. The normalized spacial score (nSPS) is 19.4. The summed E-state index contributed by atoms with van der Waals surface area (Å²) >= 11 is 0. The Balaban J connectivity index is 1.59. The van der Waals surface area contributed by atoms with Crippen LogP contribution in [-0.2, 0) is 27.3 Å². The summed E-state index contributed by atoms with van der Waals surface area (Å²) in [6, 6.07) is 7.65. The van der Waals surface area contributed by atoms with Gasteiger partial charge in [-0.05, 0) is 57.2 Å². The van der Waals surface area contributed by atoms with Gasteiger partial charge in [-0.2, -0.15) is 0 Å². The fourth-order valence-corrected chi connectivity index (χ4v) is 3.78. The van der Waals surface area contributed by atoms with Gasteiger partial charge in [-0.25, -0.2) is 9.78 Å². The third kappa shape index (κ3) is 6.08. The number of ether oxygens (including phenoxy) is 3. The molecular formula is C24H33NO6. The molecule has 0 saturated heterocycles. The van der Waals surface area contributed by atoms with E-state index in [0.29, 0.717) is 25.0 Å². The molecule has 1 aromatic heterocycles. The number of methoxy groups -OCH3 is 1. The third-order valence-corrected chi connectivity index (χ3v) is 5.80. The van der Waals surface area contributed by atoms with Gasteiger partial charge in [0, 0.05) is 12.0 Å². The molecule has 0 amide bonds. The first-order valence-electron chi connectivity index (χ1n) is 10.9. The topological polar surface area (TPSA) is 91.0 Å². The molecule has 2 aromatic rings. The molecule has 1 fully saturated rings. The van der Waals surface area contributed by atoms with Crippen molar-refractivity contribution in [3.63, 3.8) is 0 Å². The summed E-state index contributed by atoms with van der Waals surface area (Å²) < 4.78 is 23.1. The Morgan fingerprint density at radius 2 is 2.13 bits per heavy atom. The molecule has 2 atom stereocenters. The van der Waals surface area contributed by atoms with Crippen LogP contribution in [-0.4, -0.2) is 41.5 Å². The van der Waals surface area contributed by atoms with Crippen molar-refractivity contribution < 1.29 is 28.5 Å². The summed E-state index contributed by atoms with van der Waals surface area (Å²) in [6.07, 6.45) is 4.76. The van der Waals surface area contributed by atoms with Gasteiger partial charge in [0.1, 0.15) is 17.2 Å². The second-order valence-corrected chi connectivity index (χ2v) is 8.57. The average Bonchev–Trinajstić information content (AvgIpc) is 3.20. The van der Waals surface area contributed by atoms with Gasteiger partial charge >= 0.3 is 5.97 Å². The van der Waals surface area contributed by atoms with Crippen molar-refractivity contribution in [2.75, 3.05) is 13.7 Å². The number of carboxylic acids is 1. The van der Waals surface area contributed by atoms with Crippen LogP contribution in [0.25, 0.3) is 11.5 Å². The van der Waals surface area contributed by atoms with E-state index < -0.39 is 11.6 Å². The van der Waals surface area contributed by atoms with Gasteiger partial charge in [0.25, 0.3) is 0 Å². The minimum absolute atomic E-state index is 0.108. The van der Waals surface area contributed by atoms with Crippen molar-refractivity contribution in [1.29, 1.82) is 0 Å². The highest BCUT2D eigenvalue weighted by atomic mass is 16.5. The van der Waals surface area contributed by atoms with Crippen molar-refractivity contribution in [3.05, 3.63) is 35.7 Å². The molecule has 1 unspecified atom stereocenters. The molecule has 7 heteroatoms. The van der Waals surface area contributed by atoms with Gasteiger partial charge in [-0.15, -0.1) is 0 Å². The number of aryl methyl sites for hydroxylation is 1. The van der Waals surface area contributed by atoms with Gasteiger partial charge in [0.2, 0.25) is 5.89 Å². The summed E-state index contributed by atoms with van der Waals surface area (Å²) in [6.45, 7) is 6.04. The molecule has 1 aromatic carbocycles. The van der Waals surface area contributed by atoms with E-state index in [2.05, 4.69) is 4.98 Å². The predicted octanol–water partition coefficient (Wildman–Crippen LogP) is 4.87. The van der Waals surface area contributed by atoms with Crippen molar-refractivity contribution in [1.82, 2.24) is 4.98 Å². The van der Waals surface area contributed by atoms with E-state index in [9.17, 15) is 9.90 Å². The summed E-state index contributed by atoms with van der Waals surface area (Å²) in [5, 5.41) is 9.22. The van der Waals surface area contributed by atoms with Crippen molar-refractivity contribution in [2.24, 2.45) is 5.92 Å². The number of rotatable bonds is 10.